The van der Waals surface area contributed by atoms with Gasteiger partial charge in [0.05, 0.1) is 6.20 Å². The maximum absolute atomic E-state index is 13.1. The van der Waals surface area contributed by atoms with E-state index in [4.69, 9.17) is 0 Å². The van der Waals surface area contributed by atoms with E-state index in [1.165, 1.54) is 6.20 Å². The first kappa shape index (κ1) is 12.5. The Balaban J connectivity index is 1.91. The molecule has 2 atom stereocenters. The fourth-order valence-corrected chi connectivity index (χ4v) is 2.37. The average molecular weight is 236 g/mol. The van der Waals surface area contributed by atoms with Crippen molar-refractivity contribution < 1.29 is 4.39 Å². The molecular weight excluding hydrogens is 215 g/mol. The first-order chi connectivity index (χ1) is 8.02. The van der Waals surface area contributed by atoms with Gasteiger partial charge in [-0.3, -0.25) is 4.98 Å². The monoisotopic (exact) mass is 236 g/mol. The van der Waals surface area contributed by atoms with Crippen LogP contribution in [0.2, 0.25) is 0 Å². The fraction of sp³-hybridized carbons (Fsp3) is 0.643. The van der Waals surface area contributed by atoms with Crippen molar-refractivity contribution in [1.29, 1.82) is 0 Å². The van der Waals surface area contributed by atoms with Crippen molar-refractivity contribution in [3.05, 3.63) is 29.8 Å². The minimum Gasteiger partial charge on any atom is -0.316 e. The van der Waals surface area contributed by atoms with Crippen LogP contribution < -0.4 is 5.32 Å². The van der Waals surface area contributed by atoms with E-state index >= 15 is 0 Å². The predicted molar refractivity (Wildman–Crippen MR) is 67.4 cm³/mol. The van der Waals surface area contributed by atoms with E-state index in [0.717, 1.165) is 25.1 Å². The normalized spacial score (nSPS) is 27.5. The van der Waals surface area contributed by atoms with Crippen LogP contribution in [0.5, 0.6) is 0 Å². The molecule has 0 spiro atoms. The SMILES string of the molecule is CC(C)CNCC1CC1(C)c1cncc(F)c1. The summed E-state index contributed by atoms with van der Waals surface area (Å²) in [6.45, 7) is 8.68. The molecule has 0 aliphatic heterocycles. The van der Waals surface area contributed by atoms with Gasteiger partial charge in [-0.2, -0.15) is 0 Å². The minimum atomic E-state index is -0.232. The van der Waals surface area contributed by atoms with Crippen LogP contribution in [0.4, 0.5) is 4.39 Å². The first-order valence-corrected chi connectivity index (χ1v) is 6.34. The van der Waals surface area contributed by atoms with Gasteiger partial charge in [-0.1, -0.05) is 20.8 Å². The molecule has 3 heteroatoms. The van der Waals surface area contributed by atoms with Crippen molar-refractivity contribution in [3.63, 3.8) is 0 Å². The van der Waals surface area contributed by atoms with Crippen molar-refractivity contribution in [1.82, 2.24) is 10.3 Å². The number of hydrogen-bond donors (Lipinski definition) is 1. The summed E-state index contributed by atoms with van der Waals surface area (Å²) >= 11 is 0. The molecule has 1 heterocycles. The summed E-state index contributed by atoms with van der Waals surface area (Å²) < 4.78 is 13.1. The standard InChI is InChI=1S/C14H21FN2/c1-10(2)6-16-8-12-5-14(12,3)11-4-13(15)9-17-7-11/h4,7,9-10,12,16H,5-6,8H2,1-3H3. The molecule has 1 saturated carbocycles. The van der Waals surface area contributed by atoms with Crippen molar-refractivity contribution in [2.24, 2.45) is 11.8 Å². The quantitative estimate of drug-likeness (QED) is 0.850. The van der Waals surface area contributed by atoms with E-state index < -0.39 is 0 Å². The number of nitrogens with one attached hydrogen (secondary N) is 1. The summed E-state index contributed by atoms with van der Waals surface area (Å²) in [5, 5.41) is 3.47. The molecule has 1 N–H and O–H groups in total. The fourth-order valence-electron chi connectivity index (χ4n) is 2.37. The van der Waals surface area contributed by atoms with Crippen LogP contribution in [0.25, 0.3) is 0 Å². The highest BCUT2D eigenvalue weighted by Crippen LogP contribution is 2.53. The van der Waals surface area contributed by atoms with Crippen molar-refractivity contribution >= 4 is 0 Å². The Morgan fingerprint density at radius 1 is 1.53 bits per heavy atom. The van der Waals surface area contributed by atoms with E-state index in [2.05, 4.69) is 31.1 Å². The third-order valence-corrected chi connectivity index (χ3v) is 3.72. The molecule has 2 rings (SSSR count). The Kier molecular flexibility index (Phi) is 3.48. The van der Waals surface area contributed by atoms with Crippen LogP contribution in [0, 0.1) is 17.7 Å². The van der Waals surface area contributed by atoms with Gasteiger partial charge in [-0.05, 0) is 48.4 Å². The summed E-state index contributed by atoms with van der Waals surface area (Å²) in [6.07, 6.45) is 4.19. The van der Waals surface area contributed by atoms with E-state index in [9.17, 15) is 4.39 Å². The van der Waals surface area contributed by atoms with Crippen molar-refractivity contribution in [3.8, 4) is 0 Å². The second-order valence-electron chi connectivity index (χ2n) is 5.76. The third kappa shape index (κ3) is 2.83. The maximum Gasteiger partial charge on any atom is 0.141 e. The van der Waals surface area contributed by atoms with E-state index in [1.54, 1.807) is 12.3 Å². The van der Waals surface area contributed by atoms with E-state index in [-0.39, 0.29) is 11.2 Å². The van der Waals surface area contributed by atoms with Crippen LogP contribution in [0.3, 0.4) is 0 Å². The highest BCUT2D eigenvalue weighted by atomic mass is 19.1. The van der Waals surface area contributed by atoms with Crippen LogP contribution >= 0.6 is 0 Å². The lowest BCUT2D eigenvalue weighted by molar-refractivity contribution is 0.513. The Hall–Kier alpha value is -0.960. The summed E-state index contributed by atoms with van der Waals surface area (Å²) in [5.74, 6) is 1.06. The number of pyridine rings is 1. The molecule has 0 saturated heterocycles. The summed E-state index contributed by atoms with van der Waals surface area (Å²) in [6, 6.07) is 1.62. The van der Waals surface area contributed by atoms with Crippen LogP contribution in [0.15, 0.2) is 18.5 Å². The van der Waals surface area contributed by atoms with Crippen LogP contribution in [-0.4, -0.2) is 18.1 Å². The summed E-state index contributed by atoms with van der Waals surface area (Å²) in [4.78, 5) is 3.94. The molecule has 1 aromatic heterocycles. The lowest BCUT2D eigenvalue weighted by atomic mass is 9.97. The van der Waals surface area contributed by atoms with Gasteiger partial charge < -0.3 is 5.32 Å². The van der Waals surface area contributed by atoms with E-state index in [0.29, 0.717) is 11.8 Å². The molecule has 94 valence electrons. The van der Waals surface area contributed by atoms with Gasteiger partial charge in [0.1, 0.15) is 5.82 Å². The number of nitrogens with zero attached hydrogens (tertiary/aromatic N) is 1. The molecule has 0 amide bonds. The number of rotatable bonds is 5. The molecule has 0 radical (unpaired) electrons. The zero-order valence-corrected chi connectivity index (χ0v) is 10.8. The lowest BCUT2D eigenvalue weighted by Crippen LogP contribution is -2.24. The Morgan fingerprint density at radius 2 is 2.29 bits per heavy atom. The number of hydrogen-bond acceptors (Lipinski definition) is 2. The minimum absolute atomic E-state index is 0.124. The largest absolute Gasteiger partial charge is 0.316 e. The molecule has 1 fully saturated rings. The molecule has 17 heavy (non-hydrogen) atoms. The van der Waals surface area contributed by atoms with Gasteiger partial charge in [-0.25, -0.2) is 4.39 Å². The van der Waals surface area contributed by atoms with Gasteiger partial charge in [-0.15, -0.1) is 0 Å². The molecule has 1 aliphatic rings. The second kappa shape index (κ2) is 4.73. The highest BCUT2D eigenvalue weighted by Gasteiger charge is 2.50. The third-order valence-electron chi connectivity index (χ3n) is 3.72. The molecule has 2 nitrogen and oxygen atoms in total. The Bertz CT molecular complexity index is 392. The smallest absolute Gasteiger partial charge is 0.141 e. The van der Waals surface area contributed by atoms with E-state index in [1.807, 2.05) is 0 Å². The molecule has 1 aromatic rings. The summed E-state index contributed by atoms with van der Waals surface area (Å²) in [5.41, 5.74) is 1.16. The van der Waals surface area contributed by atoms with Gasteiger partial charge in [0.25, 0.3) is 0 Å². The zero-order valence-electron chi connectivity index (χ0n) is 10.8. The zero-order chi connectivity index (χ0) is 12.5. The van der Waals surface area contributed by atoms with Gasteiger partial charge in [0.15, 0.2) is 0 Å². The molecule has 2 unspecified atom stereocenters. The first-order valence-electron chi connectivity index (χ1n) is 6.34. The Morgan fingerprint density at radius 3 is 2.94 bits per heavy atom. The second-order valence-corrected chi connectivity index (χ2v) is 5.76. The van der Waals surface area contributed by atoms with Crippen LogP contribution in [0.1, 0.15) is 32.8 Å². The average Bonchev–Trinajstić information content (AvgIpc) is 2.91. The number of halogens is 1. The molecule has 1 aliphatic carbocycles. The van der Waals surface area contributed by atoms with Crippen LogP contribution in [-0.2, 0) is 5.41 Å². The molecule has 0 bridgehead atoms. The topological polar surface area (TPSA) is 24.9 Å². The summed E-state index contributed by atoms with van der Waals surface area (Å²) in [7, 11) is 0. The van der Waals surface area contributed by atoms with Gasteiger partial charge >= 0.3 is 0 Å². The number of aromatic nitrogens is 1. The molecule has 0 aromatic carbocycles. The van der Waals surface area contributed by atoms with Gasteiger partial charge in [0.2, 0.25) is 0 Å². The Labute approximate surface area is 103 Å². The predicted octanol–water partition coefficient (Wildman–Crippen LogP) is 2.74. The van der Waals surface area contributed by atoms with Crippen molar-refractivity contribution in [2.75, 3.05) is 13.1 Å². The van der Waals surface area contributed by atoms with Crippen molar-refractivity contribution in [2.45, 2.75) is 32.6 Å². The van der Waals surface area contributed by atoms with Gasteiger partial charge in [0, 0.05) is 6.20 Å². The maximum atomic E-state index is 13.1. The lowest BCUT2D eigenvalue weighted by Gasteiger charge is -2.12. The molecular formula is C14H21FN2. The highest BCUT2D eigenvalue weighted by molar-refractivity contribution is 5.30.